The third-order valence-corrected chi connectivity index (χ3v) is 5.25. The summed E-state index contributed by atoms with van der Waals surface area (Å²) in [6, 6.07) is 9.33. The van der Waals surface area contributed by atoms with Crippen LogP contribution in [0.25, 0.3) is 0 Å². The van der Waals surface area contributed by atoms with Crippen LogP contribution >= 0.6 is 12.4 Å². The van der Waals surface area contributed by atoms with Crippen molar-refractivity contribution in [2.45, 2.75) is 31.7 Å². The average molecular weight is 418 g/mol. The topological polar surface area (TPSA) is 105 Å². The molecule has 154 valence electrons. The smallest absolute Gasteiger partial charge is 0.276 e. The Morgan fingerprint density at radius 1 is 1.21 bits per heavy atom. The van der Waals surface area contributed by atoms with Crippen molar-refractivity contribution in [3.8, 4) is 0 Å². The van der Waals surface area contributed by atoms with E-state index in [1.54, 1.807) is 18.2 Å². The van der Waals surface area contributed by atoms with Crippen molar-refractivity contribution in [1.82, 2.24) is 20.4 Å². The molecule has 8 nitrogen and oxygen atoms in total. The highest BCUT2D eigenvalue weighted by Crippen LogP contribution is 2.20. The molecule has 1 aromatic carbocycles. The number of rotatable bonds is 5. The molecule has 2 fully saturated rings. The SMILES string of the molecule is Cl.O=C1CC(Cc2ccc(NC(=O)c3ccn(C4CCCNC4)n3)cc2)C(=O)N1. The Hall–Kier alpha value is -2.71. The molecular weight excluding hydrogens is 394 g/mol. The van der Waals surface area contributed by atoms with Gasteiger partial charge in [0.25, 0.3) is 5.91 Å². The van der Waals surface area contributed by atoms with Gasteiger partial charge in [-0.25, -0.2) is 0 Å². The van der Waals surface area contributed by atoms with E-state index in [0.717, 1.165) is 31.5 Å². The predicted molar refractivity (Wildman–Crippen MR) is 110 cm³/mol. The van der Waals surface area contributed by atoms with E-state index in [1.807, 2.05) is 23.0 Å². The quantitative estimate of drug-likeness (QED) is 0.642. The maximum Gasteiger partial charge on any atom is 0.276 e. The molecule has 3 amide bonds. The van der Waals surface area contributed by atoms with Gasteiger partial charge in [-0.15, -0.1) is 12.4 Å². The van der Waals surface area contributed by atoms with Crippen molar-refractivity contribution in [3.63, 3.8) is 0 Å². The van der Waals surface area contributed by atoms with Crippen molar-refractivity contribution < 1.29 is 14.4 Å². The molecule has 2 saturated heterocycles. The van der Waals surface area contributed by atoms with E-state index in [4.69, 9.17) is 0 Å². The highest BCUT2D eigenvalue weighted by molar-refractivity contribution is 6.04. The van der Waals surface area contributed by atoms with Gasteiger partial charge in [0.1, 0.15) is 0 Å². The number of imide groups is 1. The van der Waals surface area contributed by atoms with Gasteiger partial charge in [-0.1, -0.05) is 12.1 Å². The second-order valence-electron chi connectivity index (χ2n) is 7.35. The zero-order chi connectivity index (χ0) is 19.5. The molecule has 3 N–H and O–H groups in total. The predicted octanol–water partition coefficient (Wildman–Crippen LogP) is 1.69. The van der Waals surface area contributed by atoms with Crippen LogP contribution in [0.3, 0.4) is 0 Å². The molecule has 3 heterocycles. The van der Waals surface area contributed by atoms with Crippen LogP contribution in [0.15, 0.2) is 36.5 Å². The number of carbonyl (C=O) groups is 3. The van der Waals surface area contributed by atoms with Gasteiger partial charge in [-0.05, 0) is 49.6 Å². The van der Waals surface area contributed by atoms with Gasteiger partial charge in [-0.2, -0.15) is 5.10 Å². The molecular formula is C20H24ClN5O3. The third-order valence-electron chi connectivity index (χ3n) is 5.25. The number of amides is 3. The fraction of sp³-hybridized carbons (Fsp3) is 0.400. The van der Waals surface area contributed by atoms with Gasteiger partial charge in [0.15, 0.2) is 5.69 Å². The van der Waals surface area contributed by atoms with E-state index in [9.17, 15) is 14.4 Å². The van der Waals surface area contributed by atoms with Crippen LogP contribution in [0.1, 0.15) is 41.4 Å². The normalized spacial score (nSPS) is 21.4. The lowest BCUT2D eigenvalue weighted by molar-refractivity contribution is -0.125. The summed E-state index contributed by atoms with van der Waals surface area (Å²) in [6.07, 6.45) is 4.75. The van der Waals surface area contributed by atoms with E-state index in [-0.39, 0.29) is 48.5 Å². The number of hydrogen-bond donors (Lipinski definition) is 3. The minimum atomic E-state index is -0.314. The summed E-state index contributed by atoms with van der Waals surface area (Å²) < 4.78 is 1.86. The number of carbonyl (C=O) groups excluding carboxylic acids is 3. The standard InChI is InChI=1S/C20H23N5O3.ClH/c26-18-11-14(19(27)23-18)10-13-3-5-15(6-4-13)22-20(28)17-7-9-25(24-17)16-2-1-8-21-12-16;/h3-7,9,14,16,21H,1-2,8,10-12H2,(H,22,28)(H,23,26,27);1H. The molecule has 29 heavy (non-hydrogen) atoms. The number of nitrogens with zero attached hydrogens (tertiary/aromatic N) is 2. The molecule has 0 radical (unpaired) electrons. The molecule has 0 aliphatic carbocycles. The lowest BCUT2D eigenvalue weighted by atomic mass is 9.98. The summed E-state index contributed by atoms with van der Waals surface area (Å²) in [5.41, 5.74) is 1.99. The lowest BCUT2D eigenvalue weighted by Crippen LogP contribution is -2.32. The summed E-state index contributed by atoms with van der Waals surface area (Å²) in [5.74, 6) is -1.00. The zero-order valence-corrected chi connectivity index (χ0v) is 16.7. The monoisotopic (exact) mass is 417 g/mol. The Morgan fingerprint density at radius 2 is 2.00 bits per heavy atom. The molecule has 0 spiro atoms. The first-order valence-electron chi connectivity index (χ1n) is 9.58. The van der Waals surface area contributed by atoms with Gasteiger partial charge in [0.2, 0.25) is 11.8 Å². The number of benzene rings is 1. The van der Waals surface area contributed by atoms with E-state index in [0.29, 0.717) is 17.8 Å². The summed E-state index contributed by atoms with van der Waals surface area (Å²) >= 11 is 0. The second-order valence-corrected chi connectivity index (χ2v) is 7.35. The number of hydrogen-bond acceptors (Lipinski definition) is 5. The van der Waals surface area contributed by atoms with Crippen molar-refractivity contribution in [2.75, 3.05) is 18.4 Å². The van der Waals surface area contributed by atoms with E-state index < -0.39 is 0 Å². The Kier molecular flexibility index (Phi) is 6.66. The summed E-state index contributed by atoms with van der Waals surface area (Å²) in [4.78, 5) is 35.4. The Bertz CT molecular complexity index is 890. The Morgan fingerprint density at radius 3 is 2.66 bits per heavy atom. The summed E-state index contributed by atoms with van der Waals surface area (Å²) in [6.45, 7) is 1.90. The van der Waals surface area contributed by atoms with Crippen molar-refractivity contribution in [1.29, 1.82) is 0 Å². The number of anilines is 1. The largest absolute Gasteiger partial charge is 0.321 e. The first-order chi connectivity index (χ1) is 13.6. The average Bonchev–Trinajstić information content (AvgIpc) is 3.31. The molecule has 2 aliphatic heterocycles. The van der Waals surface area contributed by atoms with Crippen LogP contribution in [0.2, 0.25) is 0 Å². The number of halogens is 1. The zero-order valence-electron chi connectivity index (χ0n) is 15.9. The second kappa shape index (κ2) is 9.19. The van der Waals surface area contributed by atoms with Crippen LogP contribution in [0.4, 0.5) is 5.69 Å². The molecule has 1 aromatic heterocycles. The van der Waals surface area contributed by atoms with Gasteiger partial charge in [0.05, 0.1) is 12.0 Å². The van der Waals surface area contributed by atoms with Crippen molar-refractivity contribution in [3.05, 3.63) is 47.8 Å². The first kappa shape index (κ1) is 21.0. The minimum absolute atomic E-state index is 0. The van der Waals surface area contributed by atoms with E-state index in [2.05, 4.69) is 21.0 Å². The van der Waals surface area contributed by atoms with Crippen molar-refractivity contribution >= 4 is 35.8 Å². The molecule has 0 bridgehead atoms. The highest BCUT2D eigenvalue weighted by atomic mass is 35.5. The Balaban J connectivity index is 0.00000240. The van der Waals surface area contributed by atoms with Crippen LogP contribution in [-0.2, 0) is 16.0 Å². The first-order valence-corrected chi connectivity index (χ1v) is 9.58. The van der Waals surface area contributed by atoms with Gasteiger partial charge >= 0.3 is 0 Å². The van der Waals surface area contributed by atoms with Crippen LogP contribution < -0.4 is 16.0 Å². The highest BCUT2D eigenvalue weighted by Gasteiger charge is 2.30. The molecule has 2 aromatic rings. The number of piperidine rings is 1. The number of aromatic nitrogens is 2. The van der Waals surface area contributed by atoms with Crippen LogP contribution in [0, 0.1) is 5.92 Å². The van der Waals surface area contributed by atoms with Crippen LogP contribution in [0.5, 0.6) is 0 Å². The summed E-state index contributed by atoms with van der Waals surface area (Å²) in [5, 5.41) is 12.9. The van der Waals surface area contributed by atoms with Crippen molar-refractivity contribution in [2.24, 2.45) is 5.92 Å². The Labute approximate surface area is 174 Å². The van der Waals surface area contributed by atoms with Gasteiger partial charge in [-0.3, -0.25) is 24.4 Å². The fourth-order valence-corrected chi connectivity index (χ4v) is 3.70. The number of nitrogens with one attached hydrogen (secondary N) is 3. The minimum Gasteiger partial charge on any atom is -0.321 e. The van der Waals surface area contributed by atoms with E-state index >= 15 is 0 Å². The fourth-order valence-electron chi connectivity index (χ4n) is 3.70. The maximum atomic E-state index is 12.5. The van der Waals surface area contributed by atoms with Gasteiger partial charge < -0.3 is 10.6 Å². The molecule has 2 atom stereocenters. The lowest BCUT2D eigenvalue weighted by Gasteiger charge is -2.22. The summed E-state index contributed by atoms with van der Waals surface area (Å²) in [7, 11) is 0. The molecule has 4 rings (SSSR count). The maximum absolute atomic E-state index is 12.5. The molecule has 2 unspecified atom stereocenters. The molecule has 0 saturated carbocycles. The van der Waals surface area contributed by atoms with Gasteiger partial charge in [0, 0.05) is 24.8 Å². The van der Waals surface area contributed by atoms with E-state index in [1.165, 1.54) is 0 Å². The molecule has 2 aliphatic rings. The van der Waals surface area contributed by atoms with Crippen LogP contribution in [-0.4, -0.2) is 40.6 Å². The molecule has 9 heteroatoms. The third kappa shape index (κ3) is 5.02.